The van der Waals surface area contributed by atoms with Crippen LogP contribution < -0.4 is 0 Å². The topological polar surface area (TPSA) is 20.3 Å². The molecule has 0 aromatic heterocycles. The molecule has 0 amide bonds. The molecule has 1 atom stereocenters. The Kier molecular flexibility index (Phi) is 2.38. The Balaban J connectivity index is 2.31. The van der Waals surface area contributed by atoms with Gasteiger partial charge in [0.1, 0.15) is 5.78 Å². The number of carbonyl (C=O) groups is 1. The lowest BCUT2D eigenvalue weighted by molar-refractivity contribution is -0.122. The summed E-state index contributed by atoms with van der Waals surface area (Å²) in [5, 5.41) is 0. The molecule has 0 spiro atoms. The second-order valence-electron chi connectivity index (χ2n) is 4.01. The van der Waals surface area contributed by atoms with E-state index in [1.807, 2.05) is 13.1 Å². The van der Waals surface area contributed by atoms with Crippen LogP contribution in [0, 0.1) is 0 Å². The number of hydrogen-bond donors (Lipinski definition) is 0. The van der Waals surface area contributed by atoms with Crippen molar-refractivity contribution in [3.8, 4) is 0 Å². The average Bonchev–Trinajstić information content (AvgIpc) is 2.16. The van der Waals surface area contributed by atoms with Crippen LogP contribution >= 0.6 is 0 Å². The van der Waals surface area contributed by atoms with Crippen molar-refractivity contribution in [3.63, 3.8) is 0 Å². The Labute approximate surface area is 84.5 Å². The molecule has 0 saturated carbocycles. The predicted molar refractivity (Wildman–Crippen MR) is 56.1 cm³/mol. The Bertz CT molecular complexity index is 359. The minimum atomic E-state index is 0.0740. The summed E-state index contributed by atoms with van der Waals surface area (Å²) in [6.07, 6.45) is 0.863. The van der Waals surface area contributed by atoms with Gasteiger partial charge in [0.05, 0.1) is 6.04 Å². The maximum absolute atomic E-state index is 11.4. The number of likely N-dealkylation sites (N-methyl/N-ethyl adjacent to an activating group) is 1. The second kappa shape index (κ2) is 3.54. The maximum atomic E-state index is 11.4. The van der Waals surface area contributed by atoms with Crippen LogP contribution in [0.3, 0.4) is 0 Å². The van der Waals surface area contributed by atoms with E-state index < -0.39 is 0 Å². The van der Waals surface area contributed by atoms with E-state index in [0.717, 1.165) is 13.0 Å². The minimum absolute atomic E-state index is 0.0740. The van der Waals surface area contributed by atoms with E-state index in [-0.39, 0.29) is 11.8 Å². The quantitative estimate of drug-likeness (QED) is 0.669. The number of Topliss-reactive ketones (excluding diaryl/α,β-unsaturated/α-hetero) is 1. The molecule has 2 rings (SSSR count). The molecule has 0 bridgehead atoms. The molecule has 1 heterocycles. The first kappa shape index (κ1) is 9.41. The smallest absolute Gasteiger partial charge is 0.147 e. The van der Waals surface area contributed by atoms with Crippen molar-refractivity contribution in [2.45, 2.75) is 25.9 Å². The van der Waals surface area contributed by atoms with Crippen LogP contribution in [0.2, 0.25) is 0 Å². The highest BCUT2D eigenvalue weighted by Gasteiger charge is 2.25. The predicted octanol–water partition coefficient (Wildman–Crippen LogP) is 1.63. The van der Waals surface area contributed by atoms with Crippen molar-refractivity contribution < 1.29 is 4.79 Å². The van der Waals surface area contributed by atoms with Crippen LogP contribution in [0.25, 0.3) is 0 Å². The first-order valence-electron chi connectivity index (χ1n) is 4.96. The molecule has 2 heteroatoms. The van der Waals surface area contributed by atoms with Gasteiger partial charge in [-0.15, -0.1) is 0 Å². The summed E-state index contributed by atoms with van der Waals surface area (Å²) in [6, 6.07) is 8.44. The van der Waals surface area contributed by atoms with Gasteiger partial charge in [0.2, 0.25) is 0 Å². The van der Waals surface area contributed by atoms with Crippen LogP contribution in [0.4, 0.5) is 0 Å². The molecule has 2 nitrogen and oxygen atoms in total. The van der Waals surface area contributed by atoms with E-state index in [2.05, 4.69) is 23.1 Å². The lowest BCUT2D eigenvalue weighted by Crippen LogP contribution is -2.42. The third-order valence-electron chi connectivity index (χ3n) is 2.95. The summed E-state index contributed by atoms with van der Waals surface area (Å²) in [7, 11) is 2.02. The molecule has 0 N–H and O–H groups in total. The van der Waals surface area contributed by atoms with Crippen LogP contribution in [-0.2, 0) is 17.8 Å². The van der Waals surface area contributed by atoms with Gasteiger partial charge in [-0.25, -0.2) is 0 Å². The largest absolute Gasteiger partial charge is 0.298 e. The normalized spacial score (nSPS) is 21.7. The lowest BCUT2D eigenvalue weighted by atomic mass is 9.93. The first-order valence-corrected chi connectivity index (χ1v) is 4.96. The standard InChI is InChI=1S/C12H15NO/c1-9(14)12-7-10-5-3-4-6-11(10)8-13(12)2/h3-6,12H,7-8H2,1-2H3. The van der Waals surface area contributed by atoms with Crippen molar-refractivity contribution in [2.75, 3.05) is 7.05 Å². The van der Waals surface area contributed by atoms with Gasteiger partial charge in [-0.2, -0.15) is 0 Å². The molecule has 1 aliphatic rings. The second-order valence-corrected chi connectivity index (χ2v) is 4.01. The number of rotatable bonds is 1. The molecule has 0 aliphatic carbocycles. The van der Waals surface area contributed by atoms with Crippen molar-refractivity contribution in [3.05, 3.63) is 35.4 Å². The zero-order valence-corrected chi connectivity index (χ0v) is 8.66. The van der Waals surface area contributed by atoms with Crippen molar-refractivity contribution in [1.82, 2.24) is 4.90 Å². The van der Waals surface area contributed by atoms with Gasteiger partial charge >= 0.3 is 0 Å². The zero-order chi connectivity index (χ0) is 10.1. The summed E-state index contributed by atoms with van der Waals surface area (Å²) in [6.45, 7) is 2.56. The zero-order valence-electron chi connectivity index (χ0n) is 8.66. The van der Waals surface area contributed by atoms with Crippen molar-refractivity contribution in [2.24, 2.45) is 0 Å². The van der Waals surface area contributed by atoms with Gasteiger partial charge in [0.15, 0.2) is 0 Å². The van der Waals surface area contributed by atoms with Crippen LogP contribution in [0.15, 0.2) is 24.3 Å². The molecular weight excluding hydrogens is 174 g/mol. The molecule has 0 fully saturated rings. The lowest BCUT2D eigenvalue weighted by Gasteiger charge is -2.32. The Morgan fingerprint density at radius 3 is 2.64 bits per heavy atom. The number of carbonyl (C=O) groups excluding carboxylic acids is 1. The van der Waals surface area contributed by atoms with Gasteiger partial charge in [-0.1, -0.05) is 24.3 Å². The Hall–Kier alpha value is -1.15. The number of nitrogens with zero attached hydrogens (tertiary/aromatic N) is 1. The maximum Gasteiger partial charge on any atom is 0.147 e. The van der Waals surface area contributed by atoms with Gasteiger partial charge < -0.3 is 0 Å². The summed E-state index contributed by atoms with van der Waals surface area (Å²) in [5.74, 6) is 0.266. The summed E-state index contributed by atoms with van der Waals surface area (Å²) in [5.41, 5.74) is 2.68. The molecule has 1 aromatic rings. The van der Waals surface area contributed by atoms with Crippen molar-refractivity contribution in [1.29, 1.82) is 0 Å². The Morgan fingerprint density at radius 2 is 2.00 bits per heavy atom. The molecule has 0 radical (unpaired) electrons. The highest BCUT2D eigenvalue weighted by atomic mass is 16.1. The summed E-state index contributed by atoms with van der Waals surface area (Å²) >= 11 is 0. The first-order chi connectivity index (χ1) is 6.68. The van der Waals surface area contributed by atoms with Crippen LogP contribution in [0.5, 0.6) is 0 Å². The number of fused-ring (bicyclic) bond motifs is 1. The van der Waals surface area contributed by atoms with Gasteiger partial charge in [-0.3, -0.25) is 9.69 Å². The van der Waals surface area contributed by atoms with E-state index in [0.29, 0.717) is 0 Å². The molecule has 1 aromatic carbocycles. The SMILES string of the molecule is CC(=O)C1Cc2ccccc2CN1C. The highest BCUT2D eigenvalue weighted by molar-refractivity contribution is 5.82. The van der Waals surface area contributed by atoms with Gasteiger partial charge in [-0.05, 0) is 31.5 Å². The molecular formula is C12H15NO. The van der Waals surface area contributed by atoms with Crippen LogP contribution in [0.1, 0.15) is 18.1 Å². The number of benzene rings is 1. The fourth-order valence-electron chi connectivity index (χ4n) is 2.11. The highest BCUT2D eigenvalue weighted by Crippen LogP contribution is 2.21. The third kappa shape index (κ3) is 1.58. The van der Waals surface area contributed by atoms with Crippen LogP contribution in [-0.4, -0.2) is 23.8 Å². The minimum Gasteiger partial charge on any atom is -0.298 e. The molecule has 74 valence electrons. The van der Waals surface area contributed by atoms with Gasteiger partial charge in [0, 0.05) is 6.54 Å². The summed E-state index contributed by atoms with van der Waals surface area (Å²) in [4.78, 5) is 13.5. The van der Waals surface area contributed by atoms with E-state index in [4.69, 9.17) is 0 Å². The third-order valence-corrected chi connectivity index (χ3v) is 2.95. The fraction of sp³-hybridized carbons (Fsp3) is 0.417. The van der Waals surface area contributed by atoms with Gasteiger partial charge in [0.25, 0.3) is 0 Å². The van der Waals surface area contributed by atoms with E-state index in [1.165, 1.54) is 11.1 Å². The average molecular weight is 189 g/mol. The summed E-state index contributed by atoms with van der Waals surface area (Å²) < 4.78 is 0. The number of ketones is 1. The molecule has 0 saturated heterocycles. The molecule has 1 aliphatic heterocycles. The molecule has 14 heavy (non-hydrogen) atoms. The van der Waals surface area contributed by atoms with E-state index in [1.54, 1.807) is 6.92 Å². The molecule has 1 unspecified atom stereocenters. The van der Waals surface area contributed by atoms with E-state index >= 15 is 0 Å². The Morgan fingerprint density at radius 1 is 1.36 bits per heavy atom. The number of hydrogen-bond acceptors (Lipinski definition) is 2. The van der Waals surface area contributed by atoms with Crippen molar-refractivity contribution >= 4 is 5.78 Å². The monoisotopic (exact) mass is 189 g/mol. The van der Waals surface area contributed by atoms with E-state index in [9.17, 15) is 4.79 Å². The fourth-order valence-corrected chi connectivity index (χ4v) is 2.11.